The first-order chi connectivity index (χ1) is 16.6. The average molecular weight is 481 g/mol. The van der Waals surface area contributed by atoms with Gasteiger partial charge in [-0.1, -0.05) is 64.7 Å². The van der Waals surface area contributed by atoms with Crippen LogP contribution in [-0.4, -0.2) is 24.1 Å². The van der Waals surface area contributed by atoms with Gasteiger partial charge in [0.05, 0.1) is 10.6 Å². The molecule has 5 heteroatoms. The van der Waals surface area contributed by atoms with Crippen LogP contribution >= 0.6 is 0 Å². The molecule has 0 fully saturated rings. The first kappa shape index (κ1) is 23.1. The molecule has 35 heavy (non-hydrogen) atoms. The zero-order valence-corrected chi connectivity index (χ0v) is 21.4. The van der Waals surface area contributed by atoms with Crippen LogP contribution < -0.4 is 0 Å². The summed E-state index contributed by atoms with van der Waals surface area (Å²) in [4.78, 5) is 5.25. The zero-order valence-electron chi connectivity index (χ0n) is 20.6. The summed E-state index contributed by atoms with van der Waals surface area (Å²) >= 11 is 0. The first-order valence-electron chi connectivity index (χ1n) is 11.6. The maximum absolute atomic E-state index is 12.8. The molecule has 5 aromatic rings. The molecule has 0 saturated carbocycles. The fourth-order valence-corrected chi connectivity index (χ4v) is 5.54. The molecule has 0 aliphatic carbocycles. The van der Waals surface area contributed by atoms with Gasteiger partial charge >= 0.3 is 0 Å². The van der Waals surface area contributed by atoms with Gasteiger partial charge < -0.3 is 4.40 Å². The van der Waals surface area contributed by atoms with Crippen molar-refractivity contribution in [3.63, 3.8) is 0 Å². The Balaban J connectivity index is 1.96. The van der Waals surface area contributed by atoms with E-state index in [9.17, 15) is 8.42 Å². The van der Waals surface area contributed by atoms with Crippen LogP contribution in [0.15, 0.2) is 84.0 Å². The third-order valence-electron chi connectivity index (χ3n) is 6.23. The standard InChI is InChI=1S/C30H28N2O2S/c1-19-10-20(2)13-23(12-19)26-16-25(35(5,33)34)17-27(24-14-21(3)11-22(4)15-24)30(26)28-18-32-9-7-6-8-29(32)31-28/h6-18H,1-5H3. The minimum Gasteiger partial charge on any atom is -0.306 e. The summed E-state index contributed by atoms with van der Waals surface area (Å²) in [6.45, 7) is 8.25. The van der Waals surface area contributed by atoms with E-state index in [-0.39, 0.29) is 0 Å². The van der Waals surface area contributed by atoms with Gasteiger partial charge in [-0.15, -0.1) is 0 Å². The Morgan fingerprint density at radius 2 is 1.23 bits per heavy atom. The maximum atomic E-state index is 12.8. The number of imidazole rings is 1. The SMILES string of the molecule is Cc1cc(C)cc(-c2cc(S(C)(=O)=O)cc(-c3cc(C)cc(C)c3)c2-c2cn3ccccc3n2)c1. The Kier molecular flexibility index (Phi) is 5.60. The van der Waals surface area contributed by atoms with E-state index < -0.39 is 9.84 Å². The lowest BCUT2D eigenvalue weighted by Gasteiger charge is -2.18. The lowest BCUT2D eigenvalue weighted by molar-refractivity contribution is 0.602. The van der Waals surface area contributed by atoms with Crippen LogP contribution in [0, 0.1) is 27.7 Å². The van der Waals surface area contributed by atoms with Crippen LogP contribution in [0.2, 0.25) is 0 Å². The Labute approximate surface area is 206 Å². The van der Waals surface area contributed by atoms with E-state index in [1.165, 1.54) is 6.26 Å². The molecule has 0 unspecified atom stereocenters. The Morgan fingerprint density at radius 3 is 1.69 bits per heavy atom. The average Bonchev–Trinajstić information content (AvgIpc) is 3.20. The number of hydrogen-bond acceptors (Lipinski definition) is 3. The molecule has 0 aliphatic rings. The molecule has 4 nitrogen and oxygen atoms in total. The van der Waals surface area contributed by atoms with Crippen molar-refractivity contribution in [1.29, 1.82) is 0 Å². The third kappa shape index (κ3) is 4.52. The molecule has 3 aromatic carbocycles. The molecule has 0 radical (unpaired) electrons. The van der Waals surface area contributed by atoms with Crippen LogP contribution in [-0.2, 0) is 9.84 Å². The molecular formula is C30H28N2O2S. The predicted octanol–water partition coefficient (Wildman–Crippen LogP) is 6.97. The highest BCUT2D eigenvalue weighted by Gasteiger charge is 2.22. The summed E-state index contributed by atoms with van der Waals surface area (Å²) in [5.41, 5.74) is 10.7. The van der Waals surface area contributed by atoms with Crippen LogP contribution in [0.4, 0.5) is 0 Å². The second-order valence-corrected chi connectivity index (χ2v) is 11.5. The molecular weight excluding hydrogens is 452 g/mol. The van der Waals surface area contributed by atoms with Gasteiger partial charge in [-0.25, -0.2) is 13.4 Å². The number of hydrogen-bond donors (Lipinski definition) is 0. The molecule has 5 rings (SSSR count). The highest BCUT2D eigenvalue weighted by molar-refractivity contribution is 7.90. The summed E-state index contributed by atoms with van der Waals surface area (Å²) in [7, 11) is -3.45. The van der Waals surface area contributed by atoms with Gasteiger partial charge in [-0.05, 0) is 74.2 Å². The van der Waals surface area contributed by atoms with Crippen LogP contribution in [0.25, 0.3) is 39.2 Å². The van der Waals surface area contributed by atoms with E-state index in [0.717, 1.165) is 61.4 Å². The van der Waals surface area contributed by atoms with E-state index >= 15 is 0 Å². The molecule has 0 saturated heterocycles. The number of nitrogens with zero attached hydrogens (tertiary/aromatic N) is 2. The highest BCUT2D eigenvalue weighted by Crippen LogP contribution is 2.42. The second kappa shape index (κ2) is 8.51. The van der Waals surface area contributed by atoms with Gasteiger partial charge in [0.15, 0.2) is 9.84 Å². The lowest BCUT2D eigenvalue weighted by atomic mass is 9.88. The summed E-state index contributed by atoms with van der Waals surface area (Å²) in [5.74, 6) is 0. The molecule has 176 valence electrons. The van der Waals surface area contributed by atoms with E-state index in [2.05, 4.69) is 64.1 Å². The maximum Gasteiger partial charge on any atom is 0.175 e. The van der Waals surface area contributed by atoms with E-state index in [1.807, 2.05) is 35.0 Å². The van der Waals surface area contributed by atoms with Crippen molar-refractivity contribution >= 4 is 15.5 Å². The van der Waals surface area contributed by atoms with Gasteiger partial charge in [0, 0.05) is 24.2 Å². The number of pyridine rings is 1. The summed E-state index contributed by atoms with van der Waals surface area (Å²) in [6, 6.07) is 22.2. The minimum absolute atomic E-state index is 0.299. The van der Waals surface area contributed by atoms with Gasteiger partial charge in [0.25, 0.3) is 0 Å². The van der Waals surface area contributed by atoms with Gasteiger partial charge in [0.1, 0.15) is 5.65 Å². The van der Waals surface area contributed by atoms with Crippen LogP contribution in [0.3, 0.4) is 0 Å². The Hall–Kier alpha value is -3.70. The van der Waals surface area contributed by atoms with E-state index in [4.69, 9.17) is 4.98 Å². The quantitative estimate of drug-likeness (QED) is 0.279. The number of sulfone groups is 1. The van der Waals surface area contributed by atoms with Crippen molar-refractivity contribution in [3.8, 4) is 33.5 Å². The monoisotopic (exact) mass is 480 g/mol. The van der Waals surface area contributed by atoms with E-state index in [0.29, 0.717) is 4.90 Å². The van der Waals surface area contributed by atoms with Crippen molar-refractivity contribution in [3.05, 3.63) is 101 Å². The first-order valence-corrected chi connectivity index (χ1v) is 13.5. The Morgan fingerprint density at radius 1 is 0.714 bits per heavy atom. The number of rotatable bonds is 4. The molecule has 0 amide bonds. The summed E-state index contributed by atoms with van der Waals surface area (Å²) < 4.78 is 27.7. The largest absolute Gasteiger partial charge is 0.306 e. The third-order valence-corrected chi connectivity index (χ3v) is 7.32. The normalized spacial score (nSPS) is 11.8. The van der Waals surface area contributed by atoms with Crippen molar-refractivity contribution in [2.45, 2.75) is 32.6 Å². The van der Waals surface area contributed by atoms with E-state index in [1.54, 1.807) is 12.1 Å². The molecule has 2 aromatic heterocycles. The van der Waals surface area contributed by atoms with Crippen molar-refractivity contribution < 1.29 is 8.42 Å². The smallest absolute Gasteiger partial charge is 0.175 e. The van der Waals surface area contributed by atoms with Crippen LogP contribution in [0.5, 0.6) is 0 Å². The number of fused-ring (bicyclic) bond motifs is 1. The molecule has 0 atom stereocenters. The van der Waals surface area contributed by atoms with Crippen molar-refractivity contribution in [2.75, 3.05) is 6.26 Å². The van der Waals surface area contributed by atoms with Crippen molar-refractivity contribution in [1.82, 2.24) is 9.38 Å². The summed E-state index contributed by atoms with van der Waals surface area (Å²) in [5, 5.41) is 0. The topological polar surface area (TPSA) is 51.4 Å². The molecule has 0 N–H and O–H groups in total. The molecule has 0 aliphatic heterocycles. The Bertz CT molecular complexity index is 1570. The van der Waals surface area contributed by atoms with Gasteiger partial charge in [0.2, 0.25) is 0 Å². The zero-order chi connectivity index (χ0) is 24.9. The molecule has 0 spiro atoms. The predicted molar refractivity (Wildman–Crippen MR) is 144 cm³/mol. The molecule has 2 heterocycles. The number of benzene rings is 3. The van der Waals surface area contributed by atoms with Gasteiger partial charge in [-0.3, -0.25) is 0 Å². The van der Waals surface area contributed by atoms with Crippen molar-refractivity contribution in [2.24, 2.45) is 0 Å². The summed E-state index contributed by atoms with van der Waals surface area (Å²) in [6.07, 6.45) is 5.26. The van der Waals surface area contributed by atoms with Gasteiger partial charge in [-0.2, -0.15) is 0 Å². The fraction of sp³-hybridized carbons (Fsp3) is 0.167. The second-order valence-electron chi connectivity index (χ2n) is 9.51. The highest BCUT2D eigenvalue weighted by atomic mass is 32.2. The molecule has 0 bridgehead atoms. The number of aromatic nitrogens is 2. The fourth-order valence-electron chi connectivity index (χ4n) is 4.88. The lowest BCUT2D eigenvalue weighted by Crippen LogP contribution is -2.01. The minimum atomic E-state index is -3.45. The number of aryl methyl sites for hydroxylation is 4. The van der Waals surface area contributed by atoms with Crippen LogP contribution in [0.1, 0.15) is 22.3 Å².